The predicted octanol–water partition coefficient (Wildman–Crippen LogP) is 3.80. The van der Waals surface area contributed by atoms with Crippen LogP contribution in [0.25, 0.3) is 10.9 Å². The quantitative estimate of drug-likeness (QED) is 0.597. The summed E-state index contributed by atoms with van der Waals surface area (Å²) in [6.07, 6.45) is 2.35. The van der Waals surface area contributed by atoms with Gasteiger partial charge in [0.25, 0.3) is 11.5 Å². The zero-order valence-corrected chi connectivity index (χ0v) is 18.7. The largest absolute Gasteiger partial charge is 0.350 e. The molecule has 162 valence electrons. The van der Waals surface area contributed by atoms with Crippen LogP contribution in [0.3, 0.4) is 0 Å². The number of carbonyl (C=O) groups is 1. The smallest absolute Gasteiger partial charge is 0.261 e. The monoisotopic (exact) mass is 436 g/mol. The Morgan fingerprint density at radius 1 is 1.19 bits per heavy atom. The number of hydrogen-bond donors (Lipinski definition) is 2. The zero-order chi connectivity index (χ0) is 22.0. The van der Waals surface area contributed by atoms with Crippen molar-refractivity contribution in [3.8, 4) is 0 Å². The highest BCUT2D eigenvalue weighted by Crippen LogP contribution is 2.26. The van der Waals surface area contributed by atoms with Gasteiger partial charge in [-0.2, -0.15) is 0 Å². The standard InChI is InChI=1S/C24H28N4O2S/c1-16-10-12-28(13-11-16)21(17-6-4-3-5-7-17)15-25-22(29)18-8-9-19-20(14-18)26-24(31)27(2)23(19)30/h3-9,14,16,21H,10-13,15H2,1-2H3,(H,25,29)(H,26,31). The number of nitrogens with one attached hydrogen (secondary N) is 2. The molecule has 2 N–H and O–H groups in total. The Labute approximate surface area is 186 Å². The van der Waals surface area contributed by atoms with E-state index in [1.54, 1.807) is 25.2 Å². The van der Waals surface area contributed by atoms with Gasteiger partial charge in [-0.05, 0) is 67.8 Å². The summed E-state index contributed by atoms with van der Waals surface area (Å²) in [4.78, 5) is 30.8. The number of H-pyrrole nitrogens is 1. The van der Waals surface area contributed by atoms with E-state index in [0.29, 0.717) is 27.8 Å². The molecule has 1 saturated heterocycles. The first-order chi connectivity index (χ1) is 14.9. The third-order valence-corrected chi connectivity index (χ3v) is 6.64. The molecule has 31 heavy (non-hydrogen) atoms. The Bertz CT molecular complexity index is 1190. The van der Waals surface area contributed by atoms with Gasteiger partial charge in [0.1, 0.15) is 0 Å². The average molecular weight is 437 g/mol. The van der Waals surface area contributed by atoms with Crippen LogP contribution >= 0.6 is 12.2 Å². The van der Waals surface area contributed by atoms with Crippen molar-refractivity contribution in [3.63, 3.8) is 0 Å². The van der Waals surface area contributed by atoms with Gasteiger partial charge in [-0.3, -0.25) is 19.1 Å². The summed E-state index contributed by atoms with van der Waals surface area (Å²) < 4.78 is 1.72. The predicted molar refractivity (Wildman–Crippen MR) is 126 cm³/mol. The van der Waals surface area contributed by atoms with Gasteiger partial charge in [0.05, 0.1) is 16.9 Å². The van der Waals surface area contributed by atoms with Crippen molar-refractivity contribution in [2.45, 2.75) is 25.8 Å². The normalized spacial score (nSPS) is 16.3. The molecule has 0 aliphatic carbocycles. The van der Waals surface area contributed by atoms with Crippen LogP contribution in [0.15, 0.2) is 53.3 Å². The zero-order valence-electron chi connectivity index (χ0n) is 17.9. The SMILES string of the molecule is CC1CCN(C(CNC(=O)c2ccc3c(=O)n(C)c(=S)[nH]c3c2)c2ccccc2)CC1. The lowest BCUT2D eigenvalue weighted by Gasteiger charge is -2.37. The number of carbonyl (C=O) groups excluding carboxylic acids is 1. The molecule has 1 aromatic heterocycles. The molecule has 3 aromatic rings. The van der Waals surface area contributed by atoms with E-state index in [-0.39, 0.29) is 17.5 Å². The van der Waals surface area contributed by atoms with E-state index in [0.717, 1.165) is 19.0 Å². The number of likely N-dealkylation sites (tertiary alicyclic amines) is 1. The second-order valence-corrected chi connectivity index (χ2v) is 8.80. The van der Waals surface area contributed by atoms with Crippen molar-refractivity contribution in [1.82, 2.24) is 19.8 Å². The van der Waals surface area contributed by atoms with Gasteiger partial charge in [0, 0.05) is 19.2 Å². The van der Waals surface area contributed by atoms with Crippen LogP contribution in [-0.2, 0) is 7.05 Å². The number of nitrogens with zero attached hydrogens (tertiary/aromatic N) is 2. The molecule has 0 saturated carbocycles. The Morgan fingerprint density at radius 2 is 1.90 bits per heavy atom. The summed E-state index contributed by atoms with van der Waals surface area (Å²) in [6.45, 7) is 4.90. The first-order valence-corrected chi connectivity index (χ1v) is 11.1. The molecule has 1 fully saturated rings. The van der Waals surface area contributed by atoms with Crippen molar-refractivity contribution in [1.29, 1.82) is 0 Å². The molecule has 1 atom stereocenters. The minimum Gasteiger partial charge on any atom is -0.350 e. The van der Waals surface area contributed by atoms with Crippen LogP contribution in [0.4, 0.5) is 0 Å². The Kier molecular flexibility index (Phi) is 6.34. The highest BCUT2D eigenvalue weighted by atomic mass is 32.1. The van der Waals surface area contributed by atoms with Gasteiger partial charge in [-0.15, -0.1) is 0 Å². The first kappa shape index (κ1) is 21.5. The summed E-state index contributed by atoms with van der Waals surface area (Å²) in [7, 11) is 1.63. The molecule has 0 radical (unpaired) electrons. The number of fused-ring (bicyclic) bond motifs is 1. The summed E-state index contributed by atoms with van der Waals surface area (Å²) in [6, 6.07) is 15.6. The average Bonchev–Trinajstić information content (AvgIpc) is 2.79. The van der Waals surface area contributed by atoms with E-state index < -0.39 is 0 Å². The van der Waals surface area contributed by atoms with E-state index in [1.165, 1.54) is 23.0 Å². The van der Waals surface area contributed by atoms with Gasteiger partial charge in [-0.25, -0.2) is 0 Å². The van der Waals surface area contributed by atoms with E-state index in [9.17, 15) is 9.59 Å². The minimum absolute atomic E-state index is 0.135. The highest BCUT2D eigenvalue weighted by molar-refractivity contribution is 7.71. The summed E-state index contributed by atoms with van der Waals surface area (Å²) >= 11 is 5.20. The van der Waals surface area contributed by atoms with E-state index in [1.807, 2.05) is 18.2 Å². The molecule has 0 spiro atoms. The molecule has 0 bridgehead atoms. The minimum atomic E-state index is -0.172. The second kappa shape index (κ2) is 9.16. The van der Waals surface area contributed by atoms with Crippen molar-refractivity contribution < 1.29 is 4.79 Å². The molecule has 2 aromatic carbocycles. The number of aromatic amines is 1. The van der Waals surface area contributed by atoms with Gasteiger partial charge in [0.2, 0.25) is 0 Å². The number of benzene rings is 2. The molecular formula is C24H28N4O2S. The Balaban J connectivity index is 1.54. The number of hydrogen-bond acceptors (Lipinski definition) is 4. The van der Waals surface area contributed by atoms with Crippen molar-refractivity contribution in [2.75, 3.05) is 19.6 Å². The molecule has 7 heteroatoms. The maximum atomic E-state index is 12.9. The van der Waals surface area contributed by atoms with E-state index in [2.05, 4.69) is 34.3 Å². The summed E-state index contributed by atoms with van der Waals surface area (Å²) in [5.41, 5.74) is 2.12. The molecule has 1 amide bonds. The fourth-order valence-electron chi connectivity index (χ4n) is 4.21. The van der Waals surface area contributed by atoms with E-state index >= 15 is 0 Å². The third-order valence-electron chi connectivity index (χ3n) is 6.26. The maximum Gasteiger partial charge on any atom is 0.261 e. The maximum absolute atomic E-state index is 12.9. The van der Waals surface area contributed by atoms with Gasteiger partial charge in [-0.1, -0.05) is 37.3 Å². The van der Waals surface area contributed by atoms with Crippen molar-refractivity contribution in [3.05, 3.63) is 74.8 Å². The van der Waals surface area contributed by atoms with Crippen LogP contribution in [0.5, 0.6) is 0 Å². The van der Waals surface area contributed by atoms with Gasteiger partial charge < -0.3 is 10.3 Å². The molecule has 1 unspecified atom stereocenters. The fraction of sp³-hybridized carbons (Fsp3) is 0.375. The van der Waals surface area contributed by atoms with Crippen LogP contribution in [-0.4, -0.2) is 40.0 Å². The lowest BCUT2D eigenvalue weighted by atomic mass is 9.95. The molecule has 4 rings (SSSR count). The van der Waals surface area contributed by atoms with Crippen LogP contribution in [0, 0.1) is 10.7 Å². The third kappa shape index (κ3) is 4.62. The van der Waals surface area contributed by atoms with Gasteiger partial charge >= 0.3 is 0 Å². The number of rotatable bonds is 5. The Hall–Kier alpha value is -2.77. The first-order valence-electron chi connectivity index (χ1n) is 10.7. The highest BCUT2D eigenvalue weighted by Gasteiger charge is 2.25. The molecule has 6 nitrogen and oxygen atoms in total. The van der Waals surface area contributed by atoms with Crippen molar-refractivity contribution >= 4 is 29.0 Å². The number of piperidine rings is 1. The number of aromatic nitrogens is 2. The van der Waals surface area contributed by atoms with Gasteiger partial charge in [0.15, 0.2) is 4.77 Å². The second-order valence-electron chi connectivity index (χ2n) is 8.41. The topological polar surface area (TPSA) is 70.1 Å². The fourth-order valence-corrected chi connectivity index (χ4v) is 4.40. The van der Waals surface area contributed by atoms with E-state index in [4.69, 9.17) is 12.2 Å². The summed E-state index contributed by atoms with van der Waals surface area (Å²) in [5.74, 6) is 0.589. The number of amides is 1. The van der Waals surface area contributed by atoms with Crippen LogP contribution in [0.2, 0.25) is 0 Å². The Morgan fingerprint density at radius 3 is 2.61 bits per heavy atom. The van der Waals surface area contributed by atoms with Crippen LogP contribution in [0.1, 0.15) is 41.7 Å². The molecule has 1 aliphatic rings. The molecular weight excluding hydrogens is 408 g/mol. The lowest BCUT2D eigenvalue weighted by Crippen LogP contribution is -2.42. The molecule has 2 heterocycles. The van der Waals surface area contributed by atoms with Crippen LogP contribution < -0.4 is 10.9 Å². The lowest BCUT2D eigenvalue weighted by molar-refractivity contribution is 0.0913. The summed E-state index contributed by atoms with van der Waals surface area (Å²) in [5, 5.41) is 3.62. The van der Waals surface area contributed by atoms with Crippen molar-refractivity contribution in [2.24, 2.45) is 13.0 Å². The molecule has 1 aliphatic heterocycles.